The molecule has 2 aliphatic rings. The Kier molecular flexibility index (Phi) is 5.11. The molecular weight excluding hydrogens is 458 g/mol. The number of aromatic nitrogens is 1. The van der Waals surface area contributed by atoms with E-state index in [9.17, 15) is 13.2 Å². The topological polar surface area (TPSA) is 79.8 Å². The minimum absolute atomic E-state index is 0.153. The number of fused-ring (bicyclic) bond motifs is 2. The van der Waals surface area contributed by atoms with E-state index in [1.807, 2.05) is 26.8 Å². The second kappa shape index (κ2) is 7.21. The Labute approximate surface area is 179 Å². The van der Waals surface area contributed by atoms with Crippen molar-refractivity contribution in [2.24, 2.45) is 0 Å². The van der Waals surface area contributed by atoms with Crippen LogP contribution in [0.4, 0.5) is 4.79 Å². The summed E-state index contributed by atoms with van der Waals surface area (Å²) in [6, 6.07) is 4.83. The highest BCUT2D eigenvalue weighted by molar-refractivity contribution is 9.10. The molecule has 156 valence electrons. The zero-order valence-electron chi connectivity index (χ0n) is 16.6. The van der Waals surface area contributed by atoms with Crippen molar-refractivity contribution in [1.29, 1.82) is 0 Å². The molecule has 2 aliphatic heterocycles. The van der Waals surface area contributed by atoms with Gasteiger partial charge in [0.05, 0.1) is 10.9 Å². The number of pyridine rings is 1. The van der Waals surface area contributed by atoms with Gasteiger partial charge in [-0.25, -0.2) is 13.2 Å². The maximum absolute atomic E-state index is 13.6. The summed E-state index contributed by atoms with van der Waals surface area (Å²) in [6.45, 7) is 6.38. The summed E-state index contributed by atoms with van der Waals surface area (Å²) in [7, 11) is -3.73. The summed E-state index contributed by atoms with van der Waals surface area (Å²) in [5.74, 6) is 0. The summed E-state index contributed by atoms with van der Waals surface area (Å²) in [6.07, 6.45) is 4.11. The van der Waals surface area contributed by atoms with Gasteiger partial charge in [-0.3, -0.25) is 4.98 Å². The quantitative estimate of drug-likeness (QED) is 0.651. The number of benzene rings is 1. The number of nitrogens with zero attached hydrogens (tertiary/aromatic N) is 3. The van der Waals surface area contributed by atoms with E-state index in [0.717, 1.165) is 5.39 Å². The van der Waals surface area contributed by atoms with Crippen molar-refractivity contribution in [3.63, 3.8) is 0 Å². The molecule has 7 nitrogen and oxygen atoms in total. The van der Waals surface area contributed by atoms with Crippen LogP contribution < -0.4 is 0 Å². The molecule has 3 heterocycles. The molecule has 0 unspecified atom stereocenters. The van der Waals surface area contributed by atoms with Crippen molar-refractivity contribution >= 4 is 42.8 Å². The van der Waals surface area contributed by atoms with Crippen molar-refractivity contribution < 1.29 is 17.9 Å². The Bertz CT molecular complexity index is 1060. The molecule has 0 N–H and O–H groups in total. The highest BCUT2D eigenvalue weighted by atomic mass is 79.9. The number of sulfonamides is 1. The average Bonchev–Trinajstić information content (AvgIpc) is 3.21. The molecule has 0 bridgehead atoms. The molecule has 29 heavy (non-hydrogen) atoms. The van der Waals surface area contributed by atoms with Crippen molar-refractivity contribution in [3.05, 3.63) is 35.1 Å². The molecule has 2 atom stereocenters. The molecule has 4 rings (SSSR count). The minimum Gasteiger partial charge on any atom is -0.444 e. The zero-order valence-corrected chi connectivity index (χ0v) is 19.0. The normalized spacial score (nSPS) is 22.8. The Morgan fingerprint density at radius 1 is 1.17 bits per heavy atom. The van der Waals surface area contributed by atoms with Gasteiger partial charge in [0.25, 0.3) is 0 Å². The second-order valence-corrected chi connectivity index (χ2v) is 11.2. The van der Waals surface area contributed by atoms with Gasteiger partial charge in [0.1, 0.15) is 5.60 Å². The molecule has 0 radical (unpaired) electrons. The Balaban J connectivity index is 1.65. The van der Waals surface area contributed by atoms with Crippen LogP contribution in [-0.4, -0.2) is 59.5 Å². The lowest BCUT2D eigenvalue weighted by Crippen LogP contribution is -2.43. The third-order valence-electron chi connectivity index (χ3n) is 5.44. The third-order valence-corrected chi connectivity index (χ3v) is 8.01. The molecule has 2 fully saturated rings. The summed E-state index contributed by atoms with van der Waals surface area (Å²) in [5.41, 5.74) is -0.581. The first-order chi connectivity index (χ1) is 13.6. The van der Waals surface area contributed by atoms with Crippen LogP contribution in [0.5, 0.6) is 0 Å². The Morgan fingerprint density at radius 2 is 1.90 bits per heavy atom. The van der Waals surface area contributed by atoms with Crippen LogP contribution in [0.25, 0.3) is 10.8 Å². The van der Waals surface area contributed by atoms with Crippen molar-refractivity contribution in [1.82, 2.24) is 14.2 Å². The molecule has 1 aromatic heterocycles. The number of ether oxygens (including phenoxy) is 1. The molecule has 1 amide bonds. The summed E-state index contributed by atoms with van der Waals surface area (Å²) in [4.78, 5) is 18.7. The lowest BCUT2D eigenvalue weighted by molar-refractivity contribution is 0.0225. The smallest absolute Gasteiger partial charge is 0.410 e. The summed E-state index contributed by atoms with van der Waals surface area (Å²) in [5, 5.41) is 1.39. The molecular formula is C20H24BrN3O4S. The molecule has 2 saturated heterocycles. The molecule has 2 aromatic rings. The van der Waals surface area contributed by atoms with Crippen LogP contribution in [0.1, 0.15) is 33.6 Å². The predicted octanol–water partition coefficient (Wildman–Crippen LogP) is 3.77. The van der Waals surface area contributed by atoms with E-state index in [2.05, 4.69) is 20.9 Å². The largest absolute Gasteiger partial charge is 0.444 e. The van der Waals surface area contributed by atoms with Gasteiger partial charge in [-0.15, -0.1) is 0 Å². The highest BCUT2D eigenvalue weighted by Gasteiger charge is 2.50. The monoisotopic (exact) mass is 481 g/mol. The van der Waals surface area contributed by atoms with Gasteiger partial charge < -0.3 is 9.64 Å². The first-order valence-corrected chi connectivity index (χ1v) is 11.9. The highest BCUT2D eigenvalue weighted by Crippen LogP contribution is 2.38. The van der Waals surface area contributed by atoms with E-state index in [1.165, 1.54) is 0 Å². The number of rotatable bonds is 2. The van der Waals surface area contributed by atoms with E-state index in [4.69, 9.17) is 4.74 Å². The van der Waals surface area contributed by atoms with Gasteiger partial charge in [-0.1, -0.05) is 12.1 Å². The Hall–Kier alpha value is -1.71. The summed E-state index contributed by atoms with van der Waals surface area (Å²) >= 11 is 3.45. The number of amides is 1. The fourth-order valence-electron chi connectivity index (χ4n) is 4.29. The van der Waals surface area contributed by atoms with E-state index in [-0.39, 0.29) is 23.1 Å². The van der Waals surface area contributed by atoms with Gasteiger partial charge in [-0.2, -0.15) is 4.31 Å². The maximum Gasteiger partial charge on any atom is 0.410 e. The fourth-order valence-corrected chi connectivity index (χ4v) is 6.92. The van der Waals surface area contributed by atoms with Gasteiger partial charge >= 0.3 is 6.09 Å². The van der Waals surface area contributed by atoms with Crippen LogP contribution in [-0.2, 0) is 14.8 Å². The van der Waals surface area contributed by atoms with Crippen LogP contribution in [0.15, 0.2) is 40.0 Å². The number of carbonyl (C=O) groups excluding carboxylic acids is 1. The first kappa shape index (κ1) is 20.6. The SMILES string of the molecule is CC(C)(C)OC(=O)N1CC[C@H]2[C@@H]1CCN2S(=O)(=O)c1cccc2cncc(Br)c12. The molecule has 0 aliphatic carbocycles. The fraction of sp³-hybridized carbons (Fsp3) is 0.500. The number of hydrogen-bond acceptors (Lipinski definition) is 5. The third kappa shape index (κ3) is 3.64. The van der Waals surface area contributed by atoms with Gasteiger partial charge in [0, 0.05) is 46.8 Å². The van der Waals surface area contributed by atoms with E-state index >= 15 is 0 Å². The van der Waals surface area contributed by atoms with E-state index in [0.29, 0.717) is 35.8 Å². The lowest BCUT2D eigenvalue weighted by atomic mass is 10.1. The van der Waals surface area contributed by atoms with Gasteiger partial charge in [-0.05, 0) is 55.6 Å². The second-order valence-electron chi connectivity index (χ2n) is 8.48. The predicted molar refractivity (Wildman–Crippen MR) is 113 cm³/mol. The lowest BCUT2D eigenvalue weighted by Gasteiger charge is -2.28. The average molecular weight is 482 g/mol. The number of carbonyl (C=O) groups is 1. The summed E-state index contributed by atoms with van der Waals surface area (Å²) < 4.78 is 34.9. The molecule has 0 spiro atoms. The van der Waals surface area contributed by atoms with Gasteiger partial charge in [0.15, 0.2) is 0 Å². The van der Waals surface area contributed by atoms with E-state index < -0.39 is 15.6 Å². The zero-order chi connectivity index (χ0) is 21.0. The molecule has 1 aromatic carbocycles. The number of likely N-dealkylation sites (tertiary alicyclic amines) is 1. The standard InChI is InChI=1S/C20H24BrN3O4S/c1-20(2,3)28-19(25)23-9-7-16-15(23)8-10-24(16)29(26,27)17-6-4-5-13-11-22-12-14(21)18(13)17/h4-6,11-12,15-16H,7-10H2,1-3H3/t15-,16-/m0/s1. The van der Waals surface area contributed by atoms with Crippen molar-refractivity contribution in [3.8, 4) is 0 Å². The maximum atomic E-state index is 13.6. The van der Waals surface area contributed by atoms with E-state index in [1.54, 1.807) is 33.7 Å². The van der Waals surface area contributed by atoms with Gasteiger partial charge in [0.2, 0.25) is 10.0 Å². The first-order valence-electron chi connectivity index (χ1n) is 9.63. The van der Waals surface area contributed by atoms with Crippen LogP contribution in [0.2, 0.25) is 0 Å². The van der Waals surface area contributed by atoms with Crippen molar-refractivity contribution in [2.45, 2.75) is 56.2 Å². The van der Waals surface area contributed by atoms with Crippen LogP contribution >= 0.6 is 15.9 Å². The van der Waals surface area contributed by atoms with Crippen molar-refractivity contribution in [2.75, 3.05) is 13.1 Å². The molecule has 9 heteroatoms. The van der Waals surface area contributed by atoms with Crippen LogP contribution in [0, 0.1) is 0 Å². The van der Waals surface area contributed by atoms with Crippen LogP contribution in [0.3, 0.4) is 0 Å². The number of halogens is 1. The minimum atomic E-state index is -3.73. The molecule has 0 saturated carbocycles. The Morgan fingerprint density at radius 3 is 2.62 bits per heavy atom. The number of hydrogen-bond donors (Lipinski definition) is 0.